The van der Waals surface area contributed by atoms with Gasteiger partial charge in [-0.2, -0.15) is 0 Å². The lowest BCUT2D eigenvalue weighted by atomic mass is 10.1. The van der Waals surface area contributed by atoms with Crippen LogP contribution in [0.5, 0.6) is 17.2 Å². The molecule has 0 bridgehead atoms. The number of nitrogens with zero attached hydrogens (tertiary/aromatic N) is 1. The molecule has 0 saturated heterocycles. The van der Waals surface area contributed by atoms with Crippen LogP contribution in [0.4, 0.5) is 5.69 Å². The molecule has 0 unspecified atom stereocenters. The Bertz CT molecular complexity index is 966. The molecule has 1 aliphatic heterocycles. The van der Waals surface area contributed by atoms with E-state index in [4.69, 9.17) is 14.2 Å². The fourth-order valence-electron chi connectivity index (χ4n) is 2.92. The van der Waals surface area contributed by atoms with Crippen LogP contribution in [0.1, 0.15) is 34.6 Å². The molecule has 0 fully saturated rings. The quantitative estimate of drug-likeness (QED) is 0.588. The van der Waals surface area contributed by atoms with E-state index in [2.05, 4.69) is 6.58 Å². The molecule has 0 saturated carbocycles. The predicted molar refractivity (Wildman–Crippen MR) is 108 cm³/mol. The highest BCUT2D eigenvalue weighted by molar-refractivity contribution is 6.11. The summed E-state index contributed by atoms with van der Waals surface area (Å²) in [6, 6.07) is 9.29. The number of carbonyl (C=O) groups excluding carboxylic acids is 2. The topological polar surface area (TPSA) is 85.3 Å². The molecule has 0 radical (unpaired) electrons. The molecule has 0 atom stereocenters. The highest BCUT2D eigenvalue weighted by atomic mass is 16.5. The van der Waals surface area contributed by atoms with Gasteiger partial charge in [0.2, 0.25) is 0 Å². The number of rotatable bonds is 6. The van der Waals surface area contributed by atoms with E-state index in [1.165, 1.54) is 24.1 Å². The Balaban J connectivity index is 2.05. The summed E-state index contributed by atoms with van der Waals surface area (Å²) >= 11 is 0. The van der Waals surface area contributed by atoms with Crippen molar-refractivity contribution < 1.29 is 28.9 Å². The first-order chi connectivity index (χ1) is 13.8. The summed E-state index contributed by atoms with van der Waals surface area (Å²) in [5.74, 6) is -0.575. The SMILES string of the molecule is C=CC(C)(C)OCCN1C(=O)c2c(O)cccc2Oc2ccc(C(=O)OC)cc21. The molecule has 0 aliphatic carbocycles. The molecule has 1 aliphatic rings. The zero-order valence-electron chi connectivity index (χ0n) is 16.6. The van der Waals surface area contributed by atoms with Gasteiger partial charge in [-0.3, -0.25) is 4.79 Å². The van der Waals surface area contributed by atoms with Crippen LogP contribution in [0.15, 0.2) is 49.1 Å². The average molecular weight is 397 g/mol. The number of aromatic hydroxyl groups is 1. The summed E-state index contributed by atoms with van der Waals surface area (Å²) in [6.07, 6.45) is 1.67. The zero-order valence-corrected chi connectivity index (χ0v) is 16.6. The van der Waals surface area contributed by atoms with Crippen LogP contribution in [0.25, 0.3) is 0 Å². The normalized spacial score (nSPS) is 13.1. The second-order valence-corrected chi connectivity index (χ2v) is 7.04. The van der Waals surface area contributed by atoms with Gasteiger partial charge >= 0.3 is 5.97 Å². The number of hydrogen-bond donors (Lipinski definition) is 1. The molecule has 7 heteroatoms. The summed E-state index contributed by atoms with van der Waals surface area (Å²) in [7, 11) is 1.28. The third-order valence-electron chi connectivity index (χ3n) is 4.63. The van der Waals surface area contributed by atoms with Crippen LogP contribution in [-0.4, -0.2) is 42.8 Å². The van der Waals surface area contributed by atoms with E-state index >= 15 is 0 Å². The van der Waals surface area contributed by atoms with Crippen molar-refractivity contribution in [3.63, 3.8) is 0 Å². The Hall–Kier alpha value is -3.32. The molecular weight excluding hydrogens is 374 g/mol. The van der Waals surface area contributed by atoms with E-state index in [0.717, 1.165) is 0 Å². The van der Waals surface area contributed by atoms with Gasteiger partial charge in [0, 0.05) is 6.54 Å². The lowest BCUT2D eigenvalue weighted by Crippen LogP contribution is -2.35. The Morgan fingerprint density at radius 2 is 2.03 bits per heavy atom. The van der Waals surface area contributed by atoms with E-state index in [1.54, 1.807) is 30.3 Å². The fraction of sp³-hybridized carbons (Fsp3) is 0.273. The molecule has 3 rings (SSSR count). The highest BCUT2D eigenvalue weighted by Crippen LogP contribution is 2.42. The maximum Gasteiger partial charge on any atom is 0.337 e. The first-order valence-electron chi connectivity index (χ1n) is 9.09. The lowest BCUT2D eigenvalue weighted by molar-refractivity contribution is 0.0241. The molecule has 0 spiro atoms. The van der Waals surface area contributed by atoms with Gasteiger partial charge in [-0.1, -0.05) is 12.1 Å². The minimum Gasteiger partial charge on any atom is -0.507 e. The molecule has 2 aromatic carbocycles. The summed E-state index contributed by atoms with van der Waals surface area (Å²) in [5, 5.41) is 10.3. The van der Waals surface area contributed by atoms with Crippen LogP contribution in [0, 0.1) is 0 Å². The summed E-state index contributed by atoms with van der Waals surface area (Å²) in [6.45, 7) is 7.83. The van der Waals surface area contributed by atoms with Crippen molar-refractivity contribution in [2.75, 3.05) is 25.2 Å². The van der Waals surface area contributed by atoms with Crippen molar-refractivity contribution >= 4 is 17.6 Å². The number of amides is 1. The standard InChI is InChI=1S/C22H23NO6/c1-5-22(2,3)28-12-11-23-15-13-14(21(26)27-4)9-10-17(15)29-18-8-6-7-16(24)19(18)20(23)25/h5-10,13,24H,1,11-12H2,2-4H3. The molecule has 7 nitrogen and oxygen atoms in total. The first-order valence-corrected chi connectivity index (χ1v) is 9.09. The van der Waals surface area contributed by atoms with E-state index in [9.17, 15) is 14.7 Å². The second kappa shape index (κ2) is 7.97. The summed E-state index contributed by atoms with van der Waals surface area (Å²) in [4.78, 5) is 26.7. The van der Waals surface area contributed by atoms with Crippen molar-refractivity contribution in [1.82, 2.24) is 0 Å². The number of phenolic OH excluding ortho intramolecular Hbond substituents is 1. The third kappa shape index (κ3) is 4.09. The van der Waals surface area contributed by atoms with E-state index in [-0.39, 0.29) is 35.8 Å². The monoisotopic (exact) mass is 397 g/mol. The van der Waals surface area contributed by atoms with Crippen molar-refractivity contribution in [3.05, 3.63) is 60.2 Å². The smallest absolute Gasteiger partial charge is 0.337 e. The van der Waals surface area contributed by atoms with Gasteiger partial charge < -0.3 is 24.2 Å². The number of anilines is 1. The number of phenols is 1. The Morgan fingerprint density at radius 1 is 1.28 bits per heavy atom. The van der Waals surface area contributed by atoms with Gasteiger partial charge in [0.1, 0.15) is 17.1 Å². The minimum absolute atomic E-state index is 0.0475. The van der Waals surface area contributed by atoms with Crippen LogP contribution < -0.4 is 9.64 Å². The fourth-order valence-corrected chi connectivity index (χ4v) is 2.92. The summed E-state index contributed by atoms with van der Waals surface area (Å²) in [5.41, 5.74) is 0.136. The van der Waals surface area contributed by atoms with E-state index in [1.807, 2.05) is 13.8 Å². The van der Waals surface area contributed by atoms with Gasteiger partial charge in [0.15, 0.2) is 5.75 Å². The van der Waals surface area contributed by atoms with Crippen LogP contribution in [0.2, 0.25) is 0 Å². The van der Waals surface area contributed by atoms with Crippen molar-refractivity contribution in [3.8, 4) is 17.2 Å². The Kier molecular flexibility index (Phi) is 5.61. The number of hydrogen-bond acceptors (Lipinski definition) is 6. The van der Waals surface area contributed by atoms with Crippen molar-refractivity contribution in [1.29, 1.82) is 0 Å². The Morgan fingerprint density at radius 3 is 2.72 bits per heavy atom. The maximum atomic E-state index is 13.3. The zero-order chi connectivity index (χ0) is 21.2. The first kappa shape index (κ1) is 20.4. The lowest BCUT2D eigenvalue weighted by Gasteiger charge is -2.26. The van der Waals surface area contributed by atoms with Crippen LogP contribution in [0.3, 0.4) is 0 Å². The van der Waals surface area contributed by atoms with Crippen LogP contribution in [-0.2, 0) is 9.47 Å². The number of benzene rings is 2. The molecule has 29 heavy (non-hydrogen) atoms. The number of esters is 1. The third-order valence-corrected chi connectivity index (χ3v) is 4.63. The number of fused-ring (bicyclic) bond motifs is 2. The van der Waals surface area contributed by atoms with Gasteiger partial charge in [-0.05, 0) is 44.2 Å². The molecule has 2 aromatic rings. The largest absolute Gasteiger partial charge is 0.507 e. The van der Waals surface area contributed by atoms with E-state index < -0.39 is 17.5 Å². The van der Waals surface area contributed by atoms with Crippen molar-refractivity contribution in [2.45, 2.75) is 19.4 Å². The van der Waals surface area contributed by atoms with Gasteiger partial charge in [0.25, 0.3) is 5.91 Å². The van der Waals surface area contributed by atoms with E-state index in [0.29, 0.717) is 11.4 Å². The molecule has 1 amide bonds. The molecule has 152 valence electrons. The van der Waals surface area contributed by atoms with Gasteiger partial charge in [-0.15, -0.1) is 6.58 Å². The predicted octanol–water partition coefficient (Wildman–Crippen LogP) is 3.91. The van der Waals surface area contributed by atoms with Crippen molar-refractivity contribution in [2.24, 2.45) is 0 Å². The number of carbonyl (C=O) groups is 2. The molecule has 1 N–H and O–H groups in total. The number of ether oxygens (including phenoxy) is 3. The highest BCUT2D eigenvalue weighted by Gasteiger charge is 2.31. The Labute approximate surface area is 169 Å². The number of methoxy groups -OCH3 is 1. The van der Waals surface area contributed by atoms with Gasteiger partial charge in [-0.25, -0.2) is 4.79 Å². The molecular formula is C22H23NO6. The van der Waals surface area contributed by atoms with Crippen LogP contribution >= 0.6 is 0 Å². The summed E-state index contributed by atoms with van der Waals surface area (Å²) < 4.78 is 16.5. The second-order valence-electron chi connectivity index (χ2n) is 7.04. The molecule has 1 heterocycles. The van der Waals surface area contributed by atoms with Gasteiger partial charge in [0.05, 0.1) is 30.6 Å². The molecule has 0 aromatic heterocycles. The average Bonchev–Trinajstić information content (AvgIpc) is 2.82. The maximum absolute atomic E-state index is 13.3. The minimum atomic E-state index is -0.567.